The Balaban J connectivity index is 1.93. The second-order valence-corrected chi connectivity index (χ2v) is 26.7. The van der Waals surface area contributed by atoms with Crippen molar-refractivity contribution in [3.63, 3.8) is 0 Å². The van der Waals surface area contributed by atoms with Gasteiger partial charge in [-0.1, -0.05) is 0 Å². The van der Waals surface area contributed by atoms with Gasteiger partial charge in [0, 0.05) is 0 Å². The third kappa shape index (κ3) is 3.41. The maximum atomic E-state index is 14.8. The van der Waals surface area contributed by atoms with Crippen molar-refractivity contribution in [2.45, 2.75) is 48.0 Å². The molecule has 0 bridgehead atoms. The van der Waals surface area contributed by atoms with E-state index in [2.05, 4.69) is 65.1 Å². The van der Waals surface area contributed by atoms with E-state index in [-0.39, 0.29) is 0 Å². The summed E-state index contributed by atoms with van der Waals surface area (Å²) >= 11 is -2.08. The molecule has 2 aromatic carbocycles. The van der Waals surface area contributed by atoms with Crippen molar-refractivity contribution in [3.8, 4) is 0 Å². The molecule has 2 aliphatic carbocycles. The van der Waals surface area contributed by atoms with Crippen molar-refractivity contribution in [3.05, 3.63) is 99.2 Å². The third-order valence-electron chi connectivity index (χ3n) is 7.00. The Morgan fingerprint density at radius 2 is 1.40 bits per heavy atom. The number of allylic oxidation sites excluding steroid dienone is 5. The zero-order valence-corrected chi connectivity index (χ0v) is 22.0. The summed E-state index contributed by atoms with van der Waals surface area (Å²) in [7, 11) is 0. The Morgan fingerprint density at radius 3 is 2.03 bits per heavy atom. The van der Waals surface area contributed by atoms with Crippen molar-refractivity contribution in [2.24, 2.45) is 0 Å². The number of halogens is 2. The molecule has 0 saturated heterocycles. The van der Waals surface area contributed by atoms with Gasteiger partial charge in [-0.3, -0.25) is 0 Å². The van der Waals surface area contributed by atoms with E-state index in [9.17, 15) is 8.78 Å². The maximum absolute atomic E-state index is 14.8. The molecule has 4 heteroatoms. The molecular weight excluding hydrogens is 470 g/mol. The van der Waals surface area contributed by atoms with Crippen LogP contribution in [0, 0.1) is 11.6 Å². The van der Waals surface area contributed by atoms with E-state index in [1.807, 2.05) is 6.07 Å². The van der Waals surface area contributed by atoms with Crippen molar-refractivity contribution in [2.75, 3.05) is 0 Å². The molecule has 1 unspecified atom stereocenters. The van der Waals surface area contributed by atoms with Crippen molar-refractivity contribution >= 4 is 11.0 Å². The molecular formula is C26H28F2SiZr. The molecule has 0 N–H and O–H groups in total. The summed E-state index contributed by atoms with van der Waals surface area (Å²) in [6, 6.07) is 12.9. The van der Waals surface area contributed by atoms with E-state index < -0.39 is 37.4 Å². The summed E-state index contributed by atoms with van der Waals surface area (Å²) in [5.41, 5.74) is 9.24. The van der Waals surface area contributed by atoms with Gasteiger partial charge in [-0.2, -0.15) is 0 Å². The van der Waals surface area contributed by atoms with Gasteiger partial charge in [0.25, 0.3) is 0 Å². The summed E-state index contributed by atoms with van der Waals surface area (Å²) in [5, 5.41) is 0. The first-order valence-corrected chi connectivity index (χ1v) is 19.5. The molecule has 2 aliphatic rings. The second-order valence-electron chi connectivity index (χ2n) is 8.75. The number of benzene rings is 2. The fourth-order valence-electron chi connectivity index (χ4n) is 5.16. The van der Waals surface area contributed by atoms with E-state index in [0.717, 1.165) is 11.1 Å². The molecule has 2 aromatic rings. The topological polar surface area (TPSA) is 0 Å². The summed E-state index contributed by atoms with van der Waals surface area (Å²) in [6.45, 7) is 14.1. The predicted octanol–water partition coefficient (Wildman–Crippen LogP) is 7.80. The van der Waals surface area contributed by atoms with E-state index in [4.69, 9.17) is 0 Å². The van der Waals surface area contributed by atoms with E-state index in [1.165, 1.54) is 22.8 Å². The molecule has 0 fully saturated rings. The first kappa shape index (κ1) is 21.8. The van der Waals surface area contributed by atoms with Gasteiger partial charge in [0.15, 0.2) is 0 Å². The van der Waals surface area contributed by atoms with Gasteiger partial charge in [0.1, 0.15) is 0 Å². The van der Waals surface area contributed by atoms with Gasteiger partial charge in [0.05, 0.1) is 0 Å². The fraction of sp³-hybridized carbons (Fsp3) is 0.308. The first-order chi connectivity index (χ1) is 14.2. The van der Waals surface area contributed by atoms with E-state index >= 15 is 0 Å². The van der Waals surface area contributed by atoms with Crippen molar-refractivity contribution < 1.29 is 29.1 Å². The molecule has 0 nitrogen and oxygen atoms in total. The summed E-state index contributed by atoms with van der Waals surface area (Å²) in [6.07, 6.45) is 2.30. The zero-order chi connectivity index (χ0) is 21.7. The second kappa shape index (κ2) is 8.28. The van der Waals surface area contributed by atoms with Crippen LogP contribution in [-0.2, 0) is 20.4 Å². The van der Waals surface area contributed by atoms with Gasteiger partial charge in [-0.15, -0.1) is 0 Å². The Bertz CT molecular complexity index is 1160. The van der Waals surface area contributed by atoms with Crippen LogP contribution in [0.25, 0.3) is 5.57 Å². The molecule has 0 spiro atoms. The minimum absolute atomic E-state index is 0.395. The van der Waals surface area contributed by atoms with Gasteiger partial charge in [-0.25, -0.2) is 0 Å². The van der Waals surface area contributed by atoms with Crippen LogP contribution in [0.2, 0.25) is 16.7 Å². The Hall–Kier alpha value is -1.38. The number of fused-ring (bicyclic) bond motifs is 1. The van der Waals surface area contributed by atoms with Crippen LogP contribution in [-0.4, -0.2) is 5.43 Å². The minimum atomic E-state index is -2.08. The molecule has 4 rings (SSSR count). The SMILES string of the molecule is CC1=C(C)[CH]([Zr]([CH]2C=C(c3cccc(F)c3F)c3ccccc32)=[Si](C)C)C(C)=C1C. The Labute approximate surface area is 186 Å². The molecule has 0 aliphatic heterocycles. The van der Waals surface area contributed by atoms with Gasteiger partial charge in [-0.05, 0) is 0 Å². The van der Waals surface area contributed by atoms with Crippen LogP contribution < -0.4 is 0 Å². The van der Waals surface area contributed by atoms with Crippen molar-refractivity contribution in [1.29, 1.82) is 0 Å². The van der Waals surface area contributed by atoms with Crippen LogP contribution in [0.5, 0.6) is 0 Å². The third-order valence-corrected chi connectivity index (χ3v) is 26.7. The van der Waals surface area contributed by atoms with Crippen LogP contribution in [0.15, 0.2) is 70.8 Å². The first-order valence-electron chi connectivity index (χ1n) is 10.5. The monoisotopic (exact) mass is 496 g/mol. The van der Waals surface area contributed by atoms with Crippen LogP contribution in [0.3, 0.4) is 0 Å². The summed E-state index contributed by atoms with van der Waals surface area (Å²) in [5.74, 6) is -1.51. The average molecular weight is 498 g/mol. The quantitative estimate of drug-likeness (QED) is 0.380. The van der Waals surface area contributed by atoms with E-state index in [1.54, 1.807) is 23.3 Å². The van der Waals surface area contributed by atoms with E-state index in [0.29, 0.717) is 12.8 Å². The molecule has 1 atom stereocenters. The standard InChI is InChI=1S/C15H9F2.C9H13.C2H6Si.Zr/c16-14-7-3-6-13(15(14)17)12-9-8-10-4-1-2-5-11(10)12;1-6-5-7(2)9(4)8(6)3;1-3-2;/h1-9H;5H,1-4H3;1-2H3;. The molecule has 30 heavy (non-hydrogen) atoms. The zero-order valence-electron chi connectivity index (χ0n) is 18.5. The molecule has 0 radical (unpaired) electrons. The number of hydrogen-bond acceptors (Lipinski definition) is 0. The summed E-state index contributed by atoms with van der Waals surface area (Å²) in [4.78, 5) is 0. The van der Waals surface area contributed by atoms with Crippen molar-refractivity contribution in [1.82, 2.24) is 0 Å². The Morgan fingerprint density at radius 1 is 0.800 bits per heavy atom. The predicted molar refractivity (Wildman–Crippen MR) is 121 cm³/mol. The molecule has 154 valence electrons. The van der Waals surface area contributed by atoms with Crippen LogP contribution in [0.4, 0.5) is 8.78 Å². The average Bonchev–Trinajstić information content (AvgIpc) is 3.18. The molecule has 0 heterocycles. The molecule has 0 saturated carbocycles. The number of hydrogen-bond donors (Lipinski definition) is 0. The summed E-state index contributed by atoms with van der Waals surface area (Å²) < 4.78 is 29.8. The fourth-order valence-corrected chi connectivity index (χ4v) is 25.7. The molecule has 0 amide bonds. The normalized spacial score (nSPS) is 18.8. The van der Waals surface area contributed by atoms with Gasteiger partial charge in [0.2, 0.25) is 0 Å². The van der Waals surface area contributed by atoms with Gasteiger partial charge >= 0.3 is 187 Å². The van der Waals surface area contributed by atoms with Crippen LogP contribution >= 0.6 is 0 Å². The molecule has 0 aromatic heterocycles. The number of rotatable bonds is 3. The Kier molecular flexibility index (Phi) is 6.03. The van der Waals surface area contributed by atoms with Crippen LogP contribution in [0.1, 0.15) is 48.0 Å². The van der Waals surface area contributed by atoms with Gasteiger partial charge < -0.3 is 0 Å².